The van der Waals surface area contributed by atoms with Crippen LogP contribution in [-0.2, 0) is 0 Å². The summed E-state index contributed by atoms with van der Waals surface area (Å²) in [5.41, 5.74) is 0. The molecule has 0 spiro atoms. The van der Waals surface area contributed by atoms with Gasteiger partial charge in [0, 0.05) is 36.4 Å². The summed E-state index contributed by atoms with van der Waals surface area (Å²) in [6.45, 7) is 6.33. The topological polar surface area (TPSA) is 19.4 Å². The van der Waals surface area contributed by atoms with E-state index in [1.807, 2.05) is 36.4 Å². The lowest BCUT2D eigenvalue weighted by Crippen LogP contribution is -2.60. The number of rotatable bonds is 0. The highest BCUT2D eigenvalue weighted by molar-refractivity contribution is 7.97. The molecule has 0 radical (unpaired) electrons. The van der Waals surface area contributed by atoms with E-state index in [-0.39, 0.29) is 0 Å². The van der Waals surface area contributed by atoms with Crippen LogP contribution in [0.2, 0.25) is 0 Å². The third kappa shape index (κ3) is 1.79. The van der Waals surface area contributed by atoms with Gasteiger partial charge >= 0.3 is 0 Å². The first-order valence-corrected chi connectivity index (χ1v) is 7.08. The van der Waals surface area contributed by atoms with Crippen molar-refractivity contribution in [2.45, 2.75) is 0 Å². The summed E-state index contributed by atoms with van der Waals surface area (Å²) in [5.74, 6) is 0. The van der Waals surface area contributed by atoms with E-state index in [1.54, 1.807) is 0 Å². The molecule has 5 aliphatic heterocycles. The number of hydrogen-bond acceptors (Lipinski definition) is 9. The van der Waals surface area contributed by atoms with Crippen LogP contribution < -0.4 is 0 Å². The molecule has 5 aliphatic rings. The quantitative estimate of drug-likeness (QED) is 0.570. The van der Waals surface area contributed by atoms with Gasteiger partial charge in [-0.2, -0.15) is 0 Å². The molecule has 15 heavy (non-hydrogen) atoms. The fraction of sp³-hybridized carbons (Fsp3) is 1.00. The van der Waals surface area contributed by atoms with Crippen LogP contribution in [0.3, 0.4) is 0 Å². The van der Waals surface area contributed by atoms with Crippen molar-refractivity contribution >= 4 is 36.4 Å². The summed E-state index contributed by atoms with van der Waals surface area (Å²) in [4.78, 5) is 0. The highest BCUT2D eigenvalue weighted by Gasteiger charge is 2.39. The summed E-state index contributed by atoms with van der Waals surface area (Å²) in [5, 5.41) is 0. The molecule has 0 amide bonds. The van der Waals surface area contributed by atoms with E-state index in [0.717, 1.165) is 40.0 Å². The van der Waals surface area contributed by atoms with Crippen LogP contribution in [0.15, 0.2) is 0 Å². The zero-order valence-electron chi connectivity index (χ0n) is 8.15. The summed E-state index contributed by atoms with van der Waals surface area (Å²) >= 11 is 5.65. The smallest absolute Gasteiger partial charge is 0.0757 e. The van der Waals surface area contributed by atoms with E-state index < -0.39 is 0 Å². The van der Waals surface area contributed by atoms with Gasteiger partial charge in [0.15, 0.2) is 0 Å². The minimum Gasteiger partial charge on any atom is -0.207 e. The lowest BCUT2D eigenvalue weighted by atomic mass is 10.7. The van der Waals surface area contributed by atoms with Crippen molar-refractivity contribution in [3.8, 4) is 0 Å². The van der Waals surface area contributed by atoms with E-state index in [1.165, 1.54) is 0 Å². The molecule has 0 aromatic heterocycles. The van der Waals surface area contributed by atoms with Gasteiger partial charge in [-0.15, -0.1) is 0 Å². The van der Waals surface area contributed by atoms with Crippen molar-refractivity contribution in [1.82, 2.24) is 25.8 Å². The summed E-state index contributed by atoms with van der Waals surface area (Å²) in [7, 11) is 0. The molecule has 0 unspecified atom stereocenters. The maximum absolute atomic E-state index is 2.42. The van der Waals surface area contributed by atoms with Gasteiger partial charge in [0.2, 0.25) is 0 Å². The number of nitrogens with zero attached hydrogens (tertiary/aromatic N) is 6. The van der Waals surface area contributed by atoms with Gasteiger partial charge in [0.05, 0.1) is 40.0 Å². The minimum absolute atomic E-state index is 1.05. The maximum Gasteiger partial charge on any atom is 0.0757 e. The van der Waals surface area contributed by atoms with Gasteiger partial charge in [-0.05, 0) is 0 Å². The van der Waals surface area contributed by atoms with E-state index in [0.29, 0.717) is 0 Å². The second kappa shape index (κ2) is 3.65. The van der Waals surface area contributed by atoms with Gasteiger partial charge in [0.25, 0.3) is 0 Å². The summed E-state index contributed by atoms with van der Waals surface area (Å²) in [6.07, 6.45) is 0. The molecule has 6 nitrogen and oxygen atoms in total. The average molecular weight is 264 g/mol. The predicted octanol–water partition coefficient (Wildman–Crippen LogP) is 0.287. The fourth-order valence-electron chi connectivity index (χ4n) is 2.12. The first-order valence-electron chi connectivity index (χ1n) is 4.89. The van der Waals surface area contributed by atoms with E-state index in [4.69, 9.17) is 0 Å². The van der Waals surface area contributed by atoms with Crippen LogP contribution in [-0.4, -0.2) is 65.8 Å². The Morgan fingerprint density at radius 1 is 0.400 bits per heavy atom. The van der Waals surface area contributed by atoms with Crippen molar-refractivity contribution in [2.24, 2.45) is 0 Å². The lowest BCUT2D eigenvalue weighted by Gasteiger charge is -2.53. The zero-order chi connectivity index (χ0) is 9.83. The Labute approximate surface area is 102 Å². The van der Waals surface area contributed by atoms with Gasteiger partial charge in [-0.1, -0.05) is 0 Å². The molecule has 6 bridgehead atoms. The predicted molar refractivity (Wildman–Crippen MR) is 63.0 cm³/mol. The Hall–Kier alpha value is 0.810. The van der Waals surface area contributed by atoms with Crippen LogP contribution in [0, 0.1) is 0 Å². The van der Waals surface area contributed by atoms with Crippen LogP contribution in [0.5, 0.6) is 0 Å². The molecule has 5 heterocycles. The third-order valence-corrected chi connectivity index (χ3v) is 5.36. The van der Waals surface area contributed by atoms with Crippen LogP contribution in [0.4, 0.5) is 0 Å². The first-order chi connectivity index (χ1) is 7.35. The molecule has 84 valence electrons. The monoisotopic (exact) mass is 264 g/mol. The normalized spacial score (nSPS) is 57.6. The van der Waals surface area contributed by atoms with Crippen LogP contribution >= 0.6 is 36.4 Å². The second-order valence-electron chi connectivity index (χ2n) is 3.98. The molecule has 0 saturated carbocycles. The Balaban J connectivity index is 1.70. The number of hydrogen-bond donors (Lipinski definition) is 0. The van der Waals surface area contributed by atoms with Crippen LogP contribution in [0.25, 0.3) is 0 Å². The van der Waals surface area contributed by atoms with Crippen molar-refractivity contribution in [2.75, 3.05) is 40.0 Å². The van der Waals surface area contributed by atoms with Gasteiger partial charge in [-0.25, -0.2) is 25.8 Å². The van der Waals surface area contributed by atoms with Crippen molar-refractivity contribution < 1.29 is 0 Å². The minimum atomic E-state index is 1.05. The Morgan fingerprint density at radius 3 is 0.800 bits per heavy atom. The van der Waals surface area contributed by atoms with Crippen molar-refractivity contribution in [3.05, 3.63) is 0 Å². The summed E-state index contributed by atoms with van der Waals surface area (Å²) in [6, 6.07) is 0. The van der Waals surface area contributed by atoms with Crippen molar-refractivity contribution in [3.63, 3.8) is 0 Å². The Bertz CT molecular complexity index is 201. The van der Waals surface area contributed by atoms with E-state index in [9.17, 15) is 0 Å². The molecule has 5 saturated heterocycles. The van der Waals surface area contributed by atoms with Crippen LogP contribution in [0.1, 0.15) is 0 Å². The molecule has 0 aromatic rings. The Morgan fingerprint density at radius 2 is 0.600 bits per heavy atom. The average Bonchev–Trinajstić information content (AvgIpc) is 2.13. The molecule has 0 aliphatic carbocycles. The third-order valence-electron chi connectivity index (χ3n) is 2.59. The van der Waals surface area contributed by atoms with Crippen molar-refractivity contribution in [1.29, 1.82) is 0 Å². The molecular weight excluding hydrogens is 252 g/mol. The second-order valence-corrected chi connectivity index (χ2v) is 7.57. The highest BCUT2D eigenvalue weighted by atomic mass is 32.2. The fourth-order valence-corrected chi connectivity index (χ4v) is 5.83. The molecule has 5 rings (SSSR count). The largest absolute Gasteiger partial charge is 0.207 e. The van der Waals surface area contributed by atoms with E-state index >= 15 is 0 Å². The molecule has 0 N–H and O–H groups in total. The van der Waals surface area contributed by atoms with Gasteiger partial charge in [0.1, 0.15) is 0 Å². The molecule has 0 aromatic carbocycles. The molecule has 0 atom stereocenters. The molecule has 5 fully saturated rings. The van der Waals surface area contributed by atoms with Gasteiger partial charge in [-0.3, -0.25) is 0 Å². The lowest BCUT2D eigenvalue weighted by molar-refractivity contribution is 0.0789. The van der Waals surface area contributed by atoms with Gasteiger partial charge < -0.3 is 0 Å². The Kier molecular flexibility index (Phi) is 2.39. The highest BCUT2D eigenvalue weighted by Crippen LogP contribution is 2.39. The standard InChI is InChI=1S/C6H12N6S3/c1-7-2-9-3-8(1)14-11-4-10(13-7)5-12(6-11)15-9/h1-6H2. The SMILES string of the molecule is C1N2CN3CN1SN1CN(CN(C1)S3)S2. The first kappa shape index (κ1) is 9.80. The molecular formula is C6H12N6S3. The molecule has 9 heteroatoms. The maximum atomic E-state index is 2.42. The summed E-state index contributed by atoms with van der Waals surface area (Å²) < 4.78 is 14.5. The zero-order valence-corrected chi connectivity index (χ0v) is 10.6. The van der Waals surface area contributed by atoms with E-state index in [2.05, 4.69) is 25.8 Å².